The summed E-state index contributed by atoms with van der Waals surface area (Å²) in [5, 5.41) is 2.96. The first-order valence-electron chi connectivity index (χ1n) is 7.20. The number of amides is 1. The van der Waals surface area contributed by atoms with Crippen LogP contribution >= 0.6 is 0 Å². The van der Waals surface area contributed by atoms with Gasteiger partial charge in [-0.2, -0.15) is 0 Å². The molecule has 1 saturated heterocycles. The fourth-order valence-corrected chi connectivity index (χ4v) is 2.71. The average molecular weight is 271 g/mol. The second kappa shape index (κ2) is 7.82. The van der Waals surface area contributed by atoms with Crippen molar-refractivity contribution in [3.05, 3.63) is 0 Å². The number of hydrogen-bond acceptors (Lipinski definition) is 4. The lowest BCUT2D eigenvalue weighted by molar-refractivity contribution is -0.125. The molecule has 1 heterocycles. The molecule has 112 valence electrons. The molecule has 0 aromatic heterocycles. The van der Waals surface area contributed by atoms with Crippen molar-refractivity contribution in [2.75, 3.05) is 39.9 Å². The zero-order valence-corrected chi connectivity index (χ0v) is 13.0. The van der Waals surface area contributed by atoms with Crippen LogP contribution in [0.3, 0.4) is 0 Å². The van der Waals surface area contributed by atoms with Gasteiger partial charge in [-0.3, -0.25) is 14.6 Å². The second-order valence-electron chi connectivity index (χ2n) is 5.84. The van der Waals surface area contributed by atoms with Crippen molar-refractivity contribution in [1.82, 2.24) is 15.1 Å². The van der Waals surface area contributed by atoms with Gasteiger partial charge in [-0.25, -0.2) is 0 Å². The van der Waals surface area contributed by atoms with E-state index in [4.69, 9.17) is 4.74 Å². The van der Waals surface area contributed by atoms with Crippen LogP contribution in [-0.4, -0.2) is 73.7 Å². The SMILES string of the molecule is COCCN1C[C@@H](C)N(CC(=O)NC(C)C)[C@@H](C)C1. The van der Waals surface area contributed by atoms with E-state index < -0.39 is 0 Å². The molecule has 19 heavy (non-hydrogen) atoms. The van der Waals surface area contributed by atoms with Crippen LogP contribution in [0.1, 0.15) is 27.7 Å². The van der Waals surface area contributed by atoms with Crippen LogP contribution in [0.2, 0.25) is 0 Å². The Hall–Kier alpha value is -0.650. The minimum absolute atomic E-state index is 0.124. The van der Waals surface area contributed by atoms with Crippen molar-refractivity contribution in [2.45, 2.75) is 45.8 Å². The summed E-state index contributed by atoms with van der Waals surface area (Å²) in [5.74, 6) is 0.124. The number of nitrogens with zero attached hydrogens (tertiary/aromatic N) is 2. The topological polar surface area (TPSA) is 44.8 Å². The summed E-state index contributed by atoms with van der Waals surface area (Å²) in [6.07, 6.45) is 0. The molecule has 0 radical (unpaired) electrons. The smallest absolute Gasteiger partial charge is 0.234 e. The van der Waals surface area contributed by atoms with Gasteiger partial charge in [0, 0.05) is 44.9 Å². The van der Waals surface area contributed by atoms with Crippen LogP contribution in [0.4, 0.5) is 0 Å². The first-order valence-corrected chi connectivity index (χ1v) is 7.20. The van der Waals surface area contributed by atoms with E-state index in [0.717, 1.165) is 26.2 Å². The Morgan fingerprint density at radius 2 is 1.89 bits per heavy atom. The van der Waals surface area contributed by atoms with Crippen LogP contribution in [0.15, 0.2) is 0 Å². The zero-order chi connectivity index (χ0) is 14.4. The number of nitrogens with one attached hydrogen (secondary N) is 1. The highest BCUT2D eigenvalue weighted by Crippen LogP contribution is 2.15. The third-order valence-corrected chi connectivity index (χ3v) is 3.56. The zero-order valence-electron chi connectivity index (χ0n) is 13.0. The van der Waals surface area contributed by atoms with Crippen LogP contribution < -0.4 is 5.32 Å². The molecule has 1 rings (SSSR count). The Morgan fingerprint density at radius 3 is 2.37 bits per heavy atom. The molecular weight excluding hydrogens is 242 g/mol. The number of methoxy groups -OCH3 is 1. The van der Waals surface area contributed by atoms with Gasteiger partial charge < -0.3 is 10.1 Å². The second-order valence-corrected chi connectivity index (χ2v) is 5.84. The Bertz CT molecular complexity index is 272. The number of ether oxygens (including phenoxy) is 1. The maximum Gasteiger partial charge on any atom is 0.234 e. The summed E-state index contributed by atoms with van der Waals surface area (Å²) >= 11 is 0. The number of hydrogen-bond donors (Lipinski definition) is 1. The minimum Gasteiger partial charge on any atom is -0.383 e. The molecule has 1 aliphatic heterocycles. The molecule has 0 saturated carbocycles. The van der Waals surface area contributed by atoms with Gasteiger partial charge in [0.1, 0.15) is 0 Å². The van der Waals surface area contributed by atoms with Crippen LogP contribution in [-0.2, 0) is 9.53 Å². The third-order valence-electron chi connectivity index (χ3n) is 3.56. The summed E-state index contributed by atoms with van der Waals surface area (Å²) in [7, 11) is 1.74. The molecule has 1 fully saturated rings. The van der Waals surface area contributed by atoms with E-state index in [1.54, 1.807) is 7.11 Å². The Morgan fingerprint density at radius 1 is 1.32 bits per heavy atom. The molecule has 1 N–H and O–H groups in total. The van der Waals surface area contributed by atoms with Crippen LogP contribution in [0.5, 0.6) is 0 Å². The standard InChI is InChI=1S/C14H29N3O2/c1-11(2)15-14(18)10-17-12(3)8-16(6-7-19-5)9-13(17)4/h11-13H,6-10H2,1-5H3,(H,15,18)/t12-,13+. The number of carbonyl (C=O) groups is 1. The van der Waals surface area contributed by atoms with Crippen molar-refractivity contribution >= 4 is 5.91 Å². The molecule has 0 bridgehead atoms. The average Bonchev–Trinajstić information content (AvgIpc) is 2.30. The maximum absolute atomic E-state index is 11.9. The number of rotatable bonds is 6. The van der Waals surface area contributed by atoms with E-state index >= 15 is 0 Å². The first kappa shape index (κ1) is 16.4. The van der Waals surface area contributed by atoms with Crippen LogP contribution in [0.25, 0.3) is 0 Å². The van der Waals surface area contributed by atoms with Crippen molar-refractivity contribution < 1.29 is 9.53 Å². The minimum atomic E-state index is 0.124. The van der Waals surface area contributed by atoms with Gasteiger partial charge in [-0.15, -0.1) is 0 Å². The predicted octanol–water partition coefficient (Wildman–Crippen LogP) is 0.552. The largest absolute Gasteiger partial charge is 0.383 e. The molecule has 2 atom stereocenters. The number of piperazine rings is 1. The fraction of sp³-hybridized carbons (Fsp3) is 0.929. The molecule has 0 aromatic carbocycles. The van der Waals surface area contributed by atoms with E-state index in [0.29, 0.717) is 18.6 Å². The number of carbonyl (C=O) groups excluding carboxylic acids is 1. The van der Waals surface area contributed by atoms with E-state index in [-0.39, 0.29) is 11.9 Å². The van der Waals surface area contributed by atoms with Gasteiger partial charge in [0.25, 0.3) is 0 Å². The van der Waals surface area contributed by atoms with Gasteiger partial charge in [0.2, 0.25) is 5.91 Å². The van der Waals surface area contributed by atoms with E-state index in [2.05, 4.69) is 29.0 Å². The summed E-state index contributed by atoms with van der Waals surface area (Å²) < 4.78 is 5.13. The van der Waals surface area contributed by atoms with E-state index in [1.165, 1.54) is 0 Å². The molecule has 0 aliphatic carbocycles. The fourth-order valence-electron chi connectivity index (χ4n) is 2.71. The normalized spacial score (nSPS) is 25.8. The predicted molar refractivity (Wildman–Crippen MR) is 77.2 cm³/mol. The van der Waals surface area contributed by atoms with Crippen molar-refractivity contribution in [1.29, 1.82) is 0 Å². The highest BCUT2D eigenvalue weighted by atomic mass is 16.5. The lowest BCUT2D eigenvalue weighted by atomic mass is 10.1. The summed E-state index contributed by atoms with van der Waals surface area (Å²) in [5.41, 5.74) is 0. The molecule has 1 aliphatic rings. The molecule has 5 heteroatoms. The van der Waals surface area contributed by atoms with Gasteiger partial charge in [-0.1, -0.05) is 0 Å². The molecular formula is C14H29N3O2. The Labute approximate surface area is 117 Å². The summed E-state index contributed by atoms with van der Waals surface area (Å²) in [6.45, 7) is 12.6. The van der Waals surface area contributed by atoms with Gasteiger partial charge in [0.05, 0.1) is 13.2 Å². The third kappa shape index (κ3) is 5.47. The molecule has 0 aromatic rings. The molecule has 0 spiro atoms. The Kier molecular flexibility index (Phi) is 6.75. The highest BCUT2D eigenvalue weighted by molar-refractivity contribution is 5.78. The quantitative estimate of drug-likeness (QED) is 0.766. The van der Waals surface area contributed by atoms with E-state index in [1.807, 2.05) is 13.8 Å². The van der Waals surface area contributed by atoms with Crippen molar-refractivity contribution in [3.63, 3.8) is 0 Å². The molecule has 5 nitrogen and oxygen atoms in total. The van der Waals surface area contributed by atoms with Crippen molar-refractivity contribution in [2.24, 2.45) is 0 Å². The first-order chi connectivity index (χ1) is 8.93. The molecule has 1 amide bonds. The molecule has 0 unspecified atom stereocenters. The van der Waals surface area contributed by atoms with Crippen LogP contribution in [0, 0.1) is 0 Å². The maximum atomic E-state index is 11.9. The van der Waals surface area contributed by atoms with Gasteiger partial charge in [0.15, 0.2) is 0 Å². The monoisotopic (exact) mass is 271 g/mol. The summed E-state index contributed by atoms with van der Waals surface area (Å²) in [4.78, 5) is 16.6. The van der Waals surface area contributed by atoms with E-state index in [9.17, 15) is 4.79 Å². The lowest BCUT2D eigenvalue weighted by Crippen LogP contribution is -2.59. The van der Waals surface area contributed by atoms with Gasteiger partial charge >= 0.3 is 0 Å². The Balaban J connectivity index is 2.46. The van der Waals surface area contributed by atoms with Gasteiger partial charge in [-0.05, 0) is 27.7 Å². The lowest BCUT2D eigenvalue weighted by Gasteiger charge is -2.44. The van der Waals surface area contributed by atoms with Crippen molar-refractivity contribution in [3.8, 4) is 0 Å². The summed E-state index contributed by atoms with van der Waals surface area (Å²) in [6, 6.07) is 1.01. The highest BCUT2D eigenvalue weighted by Gasteiger charge is 2.30.